The maximum atomic E-state index is 12.6. The Morgan fingerprint density at radius 3 is 2.77 bits per heavy atom. The normalized spacial score (nSPS) is 17.7. The van der Waals surface area contributed by atoms with Crippen molar-refractivity contribution in [1.82, 2.24) is 4.90 Å². The van der Waals surface area contributed by atoms with Gasteiger partial charge in [-0.25, -0.2) is 0 Å². The lowest BCUT2D eigenvalue weighted by Gasteiger charge is -2.32. The van der Waals surface area contributed by atoms with E-state index in [2.05, 4.69) is 22.3 Å². The average Bonchev–Trinajstić information content (AvgIpc) is 2.64. The molecule has 0 aromatic heterocycles. The van der Waals surface area contributed by atoms with Crippen LogP contribution in [0.3, 0.4) is 0 Å². The summed E-state index contributed by atoms with van der Waals surface area (Å²) in [7, 11) is 0. The SMILES string of the molecule is O=C(Nc1cc([N+](=O)[O-])ccc1Cl)C1CCCN(Cc2ccccc2)C1. The van der Waals surface area contributed by atoms with Crippen molar-refractivity contribution in [3.05, 3.63) is 69.2 Å². The first-order valence-electron chi connectivity index (χ1n) is 8.54. The molecule has 1 N–H and O–H groups in total. The fraction of sp³-hybridized carbons (Fsp3) is 0.316. The van der Waals surface area contributed by atoms with Crippen molar-refractivity contribution in [2.75, 3.05) is 18.4 Å². The van der Waals surface area contributed by atoms with Crippen LogP contribution in [0.2, 0.25) is 5.02 Å². The van der Waals surface area contributed by atoms with Gasteiger partial charge >= 0.3 is 0 Å². The van der Waals surface area contributed by atoms with Gasteiger partial charge < -0.3 is 5.32 Å². The summed E-state index contributed by atoms with van der Waals surface area (Å²) in [4.78, 5) is 25.3. The smallest absolute Gasteiger partial charge is 0.271 e. The van der Waals surface area contributed by atoms with E-state index in [-0.39, 0.29) is 23.2 Å². The van der Waals surface area contributed by atoms with Crippen LogP contribution in [0.25, 0.3) is 0 Å². The van der Waals surface area contributed by atoms with Gasteiger partial charge in [-0.05, 0) is 31.0 Å². The van der Waals surface area contributed by atoms with Crippen LogP contribution < -0.4 is 5.32 Å². The van der Waals surface area contributed by atoms with E-state index in [0.29, 0.717) is 11.6 Å². The summed E-state index contributed by atoms with van der Waals surface area (Å²) in [6.07, 6.45) is 1.73. The second-order valence-electron chi connectivity index (χ2n) is 6.47. The molecule has 0 spiro atoms. The Labute approximate surface area is 156 Å². The molecule has 6 nitrogen and oxygen atoms in total. The van der Waals surface area contributed by atoms with Gasteiger partial charge in [-0.2, -0.15) is 0 Å². The van der Waals surface area contributed by atoms with Crippen LogP contribution in [0.5, 0.6) is 0 Å². The lowest BCUT2D eigenvalue weighted by Crippen LogP contribution is -2.40. The fourth-order valence-corrected chi connectivity index (χ4v) is 3.38. The summed E-state index contributed by atoms with van der Waals surface area (Å²) in [5.41, 5.74) is 1.40. The number of nitro groups is 1. The zero-order valence-electron chi connectivity index (χ0n) is 14.2. The number of amides is 1. The summed E-state index contributed by atoms with van der Waals surface area (Å²) in [5, 5.41) is 14.0. The molecule has 7 heteroatoms. The molecule has 0 bridgehead atoms. The number of non-ortho nitro benzene ring substituents is 1. The molecular formula is C19H20ClN3O3. The summed E-state index contributed by atoms with van der Waals surface area (Å²) >= 11 is 6.07. The van der Waals surface area contributed by atoms with Gasteiger partial charge in [0.2, 0.25) is 5.91 Å². The maximum absolute atomic E-state index is 12.6. The Bertz CT molecular complexity index is 798. The Balaban J connectivity index is 1.64. The standard InChI is InChI=1S/C19H20ClN3O3/c20-17-9-8-16(23(25)26)11-18(17)21-19(24)15-7-4-10-22(13-15)12-14-5-2-1-3-6-14/h1-3,5-6,8-9,11,15H,4,7,10,12-13H2,(H,21,24). The van der Waals surface area contributed by atoms with E-state index >= 15 is 0 Å². The first-order valence-corrected chi connectivity index (χ1v) is 8.92. The minimum atomic E-state index is -0.506. The summed E-state index contributed by atoms with van der Waals surface area (Å²) < 4.78 is 0. The van der Waals surface area contributed by atoms with Crippen molar-refractivity contribution in [3.8, 4) is 0 Å². The van der Waals surface area contributed by atoms with Crippen molar-refractivity contribution in [3.63, 3.8) is 0 Å². The van der Waals surface area contributed by atoms with Gasteiger partial charge in [0.1, 0.15) is 0 Å². The molecule has 1 aliphatic rings. The van der Waals surface area contributed by atoms with Crippen LogP contribution in [-0.4, -0.2) is 28.8 Å². The van der Waals surface area contributed by atoms with Crippen LogP contribution in [0, 0.1) is 16.0 Å². The maximum Gasteiger partial charge on any atom is 0.271 e. The number of rotatable bonds is 5. The molecule has 0 radical (unpaired) electrons. The van der Waals surface area contributed by atoms with Crippen molar-refractivity contribution in [2.24, 2.45) is 5.92 Å². The molecule has 2 aromatic carbocycles. The van der Waals surface area contributed by atoms with Crippen LogP contribution in [-0.2, 0) is 11.3 Å². The molecule has 3 rings (SSSR count). The molecule has 2 aromatic rings. The molecule has 1 amide bonds. The van der Waals surface area contributed by atoms with Gasteiger partial charge in [0.05, 0.1) is 21.6 Å². The number of nitrogens with one attached hydrogen (secondary N) is 1. The Morgan fingerprint density at radius 2 is 2.04 bits per heavy atom. The summed E-state index contributed by atoms with van der Waals surface area (Å²) in [6.45, 7) is 2.42. The third-order valence-electron chi connectivity index (χ3n) is 4.54. The van der Waals surface area contributed by atoms with E-state index in [1.807, 2.05) is 18.2 Å². The molecule has 1 atom stereocenters. The van der Waals surface area contributed by atoms with E-state index in [1.165, 1.54) is 23.8 Å². The van der Waals surface area contributed by atoms with Crippen LogP contribution in [0.15, 0.2) is 48.5 Å². The third-order valence-corrected chi connectivity index (χ3v) is 4.87. The molecule has 1 unspecified atom stereocenters. The number of carbonyl (C=O) groups excluding carboxylic acids is 1. The first-order chi connectivity index (χ1) is 12.5. The predicted octanol–water partition coefficient (Wildman–Crippen LogP) is 4.10. The first kappa shape index (κ1) is 18.4. The van der Waals surface area contributed by atoms with Gasteiger partial charge in [-0.15, -0.1) is 0 Å². The summed E-state index contributed by atoms with van der Waals surface area (Å²) in [6, 6.07) is 14.2. The van der Waals surface area contributed by atoms with Crippen molar-refractivity contribution in [2.45, 2.75) is 19.4 Å². The summed E-state index contributed by atoms with van der Waals surface area (Å²) in [5.74, 6) is -0.312. The Morgan fingerprint density at radius 1 is 1.27 bits per heavy atom. The highest BCUT2D eigenvalue weighted by atomic mass is 35.5. The van der Waals surface area contributed by atoms with Crippen LogP contribution >= 0.6 is 11.6 Å². The Hall–Kier alpha value is -2.44. The number of anilines is 1. The van der Waals surface area contributed by atoms with Gasteiger partial charge in [-0.3, -0.25) is 19.8 Å². The number of hydrogen-bond acceptors (Lipinski definition) is 4. The monoisotopic (exact) mass is 373 g/mol. The van der Waals surface area contributed by atoms with Crippen molar-refractivity contribution >= 4 is 28.9 Å². The van der Waals surface area contributed by atoms with E-state index in [0.717, 1.165) is 25.9 Å². The highest BCUT2D eigenvalue weighted by molar-refractivity contribution is 6.33. The zero-order valence-corrected chi connectivity index (χ0v) is 15.0. The molecule has 26 heavy (non-hydrogen) atoms. The minimum absolute atomic E-state index is 0.0981. The lowest BCUT2D eigenvalue weighted by molar-refractivity contribution is -0.384. The fourth-order valence-electron chi connectivity index (χ4n) is 3.21. The van der Waals surface area contributed by atoms with Crippen LogP contribution in [0.4, 0.5) is 11.4 Å². The highest BCUT2D eigenvalue weighted by Crippen LogP contribution is 2.28. The number of carbonyl (C=O) groups is 1. The van der Waals surface area contributed by atoms with Gasteiger partial charge in [-0.1, -0.05) is 41.9 Å². The quantitative estimate of drug-likeness (QED) is 0.632. The minimum Gasteiger partial charge on any atom is -0.324 e. The molecule has 1 aliphatic heterocycles. The van der Waals surface area contributed by atoms with Crippen molar-refractivity contribution in [1.29, 1.82) is 0 Å². The molecule has 1 fully saturated rings. The van der Waals surface area contributed by atoms with Gasteiger partial charge in [0.15, 0.2) is 0 Å². The van der Waals surface area contributed by atoms with Crippen LogP contribution in [0.1, 0.15) is 18.4 Å². The van der Waals surface area contributed by atoms with E-state index < -0.39 is 4.92 Å². The van der Waals surface area contributed by atoms with E-state index in [9.17, 15) is 14.9 Å². The number of likely N-dealkylation sites (tertiary alicyclic amines) is 1. The third kappa shape index (κ3) is 4.59. The molecule has 0 aliphatic carbocycles. The molecule has 0 saturated carbocycles. The molecule has 1 saturated heterocycles. The number of nitrogens with zero attached hydrogens (tertiary/aromatic N) is 2. The van der Waals surface area contributed by atoms with E-state index in [1.54, 1.807) is 0 Å². The Kier molecular flexibility index (Phi) is 5.85. The number of benzene rings is 2. The van der Waals surface area contributed by atoms with Gasteiger partial charge in [0, 0.05) is 25.2 Å². The molecule has 136 valence electrons. The zero-order chi connectivity index (χ0) is 18.5. The topological polar surface area (TPSA) is 75.5 Å². The number of piperidine rings is 1. The average molecular weight is 374 g/mol. The largest absolute Gasteiger partial charge is 0.324 e. The number of halogens is 1. The highest BCUT2D eigenvalue weighted by Gasteiger charge is 2.26. The number of hydrogen-bond donors (Lipinski definition) is 1. The number of nitro benzene ring substituents is 1. The molecular weight excluding hydrogens is 354 g/mol. The second-order valence-corrected chi connectivity index (χ2v) is 6.88. The second kappa shape index (κ2) is 8.29. The van der Waals surface area contributed by atoms with E-state index in [4.69, 9.17) is 11.6 Å². The lowest BCUT2D eigenvalue weighted by atomic mass is 9.96. The molecule has 1 heterocycles. The van der Waals surface area contributed by atoms with Crippen molar-refractivity contribution < 1.29 is 9.72 Å². The predicted molar refractivity (Wildman–Crippen MR) is 101 cm³/mol. The van der Waals surface area contributed by atoms with Gasteiger partial charge in [0.25, 0.3) is 5.69 Å².